The Kier molecular flexibility index (Phi) is 4.63. The highest BCUT2D eigenvalue weighted by Crippen LogP contribution is 2.21. The fraction of sp³-hybridized carbons (Fsp3) is 0.105. The van der Waals surface area contributed by atoms with Crippen molar-refractivity contribution in [3.8, 4) is 16.9 Å². The maximum absolute atomic E-state index is 13.0. The van der Waals surface area contributed by atoms with Gasteiger partial charge < -0.3 is 4.52 Å². The summed E-state index contributed by atoms with van der Waals surface area (Å²) in [7, 11) is 0. The third kappa shape index (κ3) is 3.63. The molecule has 0 saturated carbocycles. The first-order chi connectivity index (χ1) is 13.6. The van der Waals surface area contributed by atoms with Gasteiger partial charge in [-0.1, -0.05) is 10.4 Å². The number of non-ortho nitro benzene ring substituents is 1. The van der Waals surface area contributed by atoms with E-state index in [4.69, 9.17) is 4.52 Å². The van der Waals surface area contributed by atoms with Gasteiger partial charge in [0.2, 0.25) is 0 Å². The van der Waals surface area contributed by atoms with Crippen molar-refractivity contribution in [3.05, 3.63) is 88.2 Å². The van der Waals surface area contributed by atoms with Gasteiger partial charge in [0, 0.05) is 30.2 Å². The molecular weight excluding hydrogens is 365 g/mol. The maximum Gasteiger partial charge on any atom is 0.269 e. The summed E-state index contributed by atoms with van der Waals surface area (Å²) in [5.41, 5.74) is 2.93. The Bertz CT molecular complexity index is 1100. The van der Waals surface area contributed by atoms with Crippen LogP contribution in [0.5, 0.6) is 0 Å². The Hall–Kier alpha value is -3.88. The molecule has 0 aliphatic carbocycles. The first kappa shape index (κ1) is 17.5. The first-order valence-corrected chi connectivity index (χ1v) is 8.46. The van der Waals surface area contributed by atoms with Gasteiger partial charge in [-0.15, -0.1) is 5.10 Å². The van der Waals surface area contributed by atoms with Crippen LogP contribution < -0.4 is 0 Å². The summed E-state index contributed by atoms with van der Waals surface area (Å²) >= 11 is 0. The zero-order valence-corrected chi connectivity index (χ0v) is 14.5. The fourth-order valence-corrected chi connectivity index (χ4v) is 2.80. The van der Waals surface area contributed by atoms with Crippen LogP contribution in [0, 0.1) is 15.9 Å². The van der Waals surface area contributed by atoms with Crippen molar-refractivity contribution < 1.29 is 13.8 Å². The van der Waals surface area contributed by atoms with Crippen LogP contribution in [0.3, 0.4) is 0 Å². The third-order valence-corrected chi connectivity index (χ3v) is 4.25. The normalized spacial score (nSPS) is 10.9. The molecule has 4 aromatic rings. The molecule has 28 heavy (non-hydrogen) atoms. The monoisotopic (exact) mass is 379 g/mol. The topological polar surface area (TPSA) is 99.9 Å². The molecule has 4 rings (SSSR count). The van der Waals surface area contributed by atoms with Gasteiger partial charge >= 0.3 is 0 Å². The van der Waals surface area contributed by atoms with E-state index in [0.29, 0.717) is 30.0 Å². The molecule has 0 saturated heterocycles. The van der Waals surface area contributed by atoms with Crippen LogP contribution in [0.4, 0.5) is 10.1 Å². The average Bonchev–Trinajstić information content (AvgIpc) is 3.36. The van der Waals surface area contributed by atoms with Crippen molar-refractivity contribution in [3.63, 3.8) is 0 Å². The predicted octanol–water partition coefficient (Wildman–Crippen LogP) is 3.75. The van der Waals surface area contributed by atoms with Gasteiger partial charge in [-0.05, 0) is 42.8 Å². The van der Waals surface area contributed by atoms with Gasteiger partial charge in [0.15, 0.2) is 0 Å². The number of nitro groups is 1. The van der Waals surface area contributed by atoms with E-state index in [0.717, 1.165) is 11.3 Å². The zero-order valence-electron chi connectivity index (χ0n) is 14.5. The molecule has 2 aromatic carbocycles. The number of halogens is 1. The summed E-state index contributed by atoms with van der Waals surface area (Å²) in [5, 5.41) is 22.8. The number of nitro benzene ring substituents is 1. The third-order valence-electron chi connectivity index (χ3n) is 4.25. The Morgan fingerprint density at radius 1 is 1.07 bits per heavy atom. The fourth-order valence-electron chi connectivity index (χ4n) is 2.80. The van der Waals surface area contributed by atoms with E-state index in [1.165, 1.54) is 24.3 Å². The van der Waals surface area contributed by atoms with Gasteiger partial charge in [-0.2, -0.15) is 0 Å². The second kappa shape index (κ2) is 7.39. The predicted molar refractivity (Wildman–Crippen MR) is 97.3 cm³/mol. The maximum atomic E-state index is 13.0. The Labute approximate surface area is 158 Å². The van der Waals surface area contributed by atoms with E-state index in [-0.39, 0.29) is 11.5 Å². The number of hydrogen-bond donors (Lipinski definition) is 0. The van der Waals surface area contributed by atoms with Crippen LogP contribution in [0.2, 0.25) is 0 Å². The molecule has 2 heterocycles. The van der Waals surface area contributed by atoms with Crippen LogP contribution in [-0.2, 0) is 12.8 Å². The van der Waals surface area contributed by atoms with E-state index in [1.54, 1.807) is 35.1 Å². The lowest BCUT2D eigenvalue weighted by atomic mass is 10.1. The molecular formula is C19H14FN5O3. The summed E-state index contributed by atoms with van der Waals surface area (Å²) in [5.74, 6) is 0.371. The van der Waals surface area contributed by atoms with Gasteiger partial charge in [0.1, 0.15) is 17.3 Å². The summed E-state index contributed by atoms with van der Waals surface area (Å²) in [6.45, 7) is 0. The molecule has 0 bridgehead atoms. The molecule has 0 N–H and O–H groups in total. The highest BCUT2D eigenvalue weighted by molar-refractivity contribution is 5.58. The van der Waals surface area contributed by atoms with Crippen molar-refractivity contribution in [2.75, 3.05) is 0 Å². The van der Waals surface area contributed by atoms with E-state index in [2.05, 4.69) is 15.5 Å². The lowest BCUT2D eigenvalue weighted by Crippen LogP contribution is -2.03. The van der Waals surface area contributed by atoms with Crippen LogP contribution in [-0.4, -0.2) is 25.1 Å². The van der Waals surface area contributed by atoms with Gasteiger partial charge in [-0.25, -0.2) is 9.07 Å². The van der Waals surface area contributed by atoms with E-state index in [1.807, 2.05) is 6.07 Å². The van der Waals surface area contributed by atoms with E-state index >= 15 is 0 Å². The van der Waals surface area contributed by atoms with Crippen LogP contribution in [0.1, 0.15) is 11.5 Å². The number of benzene rings is 2. The second-order valence-electron chi connectivity index (χ2n) is 6.10. The average molecular weight is 379 g/mol. The standard InChI is InChI=1S/C19H14FN5O3/c20-14-3-1-13(2-4-14)19-11-18(28-22-19)10-9-17-12-21-23-24(17)15-5-7-16(8-6-15)25(26)27/h1-8,11-12H,9-10H2. The van der Waals surface area contributed by atoms with E-state index in [9.17, 15) is 14.5 Å². The molecule has 8 nitrogen and oxygen atoms in total. The highest BCUT2D eigenvalue weighted by atomic mass is 19.1. The van der Waals surface area contributed by atoms with Crippen molar-refractivity contribution in [1.82, 2.24) is 20.2 Å². The summed E-state index contributed by atoms with van der Waals surface area (Å²) in [6.07, 6.45) is 2.79. The molecule has 9 heteroatoms. The number of aryl methyl sites for hydroxylation is 2. The highest BCUT2D eigenvalue weighted by Gasteiger charge is 2.12. The largest absolute Gasteiger partial charge is 0.361 e. The van der Waals surface area contributed by atoms with Gasteiger partial charge in [0.05, 0.1) is 22.5 Å². The molecule has 0 unspecified atom stereocenters. The molecule has 140 valence electrons. The Morgan fingerprint density at radius 3 is 2.54 bits per heavy atom. The molecule has 0 radical (unpaired) electrons. The summed E-state index contributed by atoms with van der Waals surface area (Å²) < 4.78 is 20.0. The minimum absolute atomic E-state index is 0.0143. The Morgan fingerprint density at radius 2 is 1.82 bits per heavy atom. The lowest BCUT2D eigenvalue weighted by Gasteiger charge is -2.05. The number of aromatic nitrogens is 4. The van der Waals surface area contributed by atoms with Crippen molar-refractivity contribution in [2.24, 2.45) is 0 Å². The second-order valence-corrected chi connectivity index (χ2v) is 6.10. The van der Waals surface area contributed by atoms with Crippen molar-refractivity contribution >= 4 is 5.69 Å². The van der Waals surface area contributed by atoms with Crippen LogP contribution in [0.25, 0.3) is 16.9 Å². The quantitative estimate of drug-likeness (QED) is 0.374. The SMILES string of the molecule is O=[N+]([O-])c1ccc(-n2nncc2CCc2cc(-c3ccc(F)cc3)no2)cc1. The summed E-state index contributed by atoms with van der Waals surface area (Å²) in [6, 6.07) is 13.9. The molecule has 0 aliphatic rings. The molecule has 0 amide bonds. The van der Waals surface area contributed by atoms with Crippen molar-refractivity contribution in [2.45, 2.75) is 12.8 Å². The summed E-state index contributed by atoms with van der Waals surface area (Å²) in [4.78, 5) is 10.3. The molecule has 0 spiro atoms. The molecule has 0 aliphatic heterocycles. The minimum atomic E-state index is -0.450. The zero-order chi connectivity index (χ0) is 19.5. The number of nitrogens with zero attached hydrogens (tertiary/aromatic N) is 5. The number of hydrogen-bond acceptors (Lipinski definition) is 6. The van der Waals surface area contributed by atoms with Crippen LogP contribution in [0.15, 0.2) is 65.3 Å². The van der Waals surface area contributed by atoms with Crippen molar-refractivity contribution in [1.29, 1.82) is 0 Å². The Balaban J connectivity index is 1.47. The minimum Gasteiger partial charge on any atom is -0.361 e. The van der Waals surface area contributed by atoms with Gasteiger partial charge in [-0.3, -0.25) is 10.1 Å². The molecule has 0 fully saturated rings. The molecule has 0 atom stereocenters. The smallest absolute Gasteiger partial charge is 0.269 e. The first-order valence-electron chi connectivity index (χ1n) is 8.46. The lowest BCUT2D eigenvalue weighted by molar-refractivity contribution is -0.384. The van der Waals surface area contributed by atoms with Gasteiger partial charge in [0.25, 0.3) is 5.69 Å². The number of rotatable bonds is 6. The van der Waals surface area contributed by atoms with E-state index < -0.39 is 4.92 Å². The van der Waals surface area contributed by atoms with Crippen LogP contribution >= 0.6 is 0 Å². The molecule has 2 aromatic heterocycles.